The van der Waals surface area contributed by atoms with E-state index in [-0.39, 0.29) is 62.4 Å². The van der Waals surface area contributed by atoms with Crippen LogP contribution in [0.2, 0.25) is 0 Å². The van der Waals surface area contributed by atoms with Gasteiger partial charge in [-0.15, -0.1) is 0 Å². The second kappa shape index (κ2) is 35.6. The van der Waals surface area contributed by atoms with Crippen molar-refractivity contribution in [3.05, 3.63) is 155 Å². The number of carbonyl (C=O) groups excluding carboxylic acids is 9. The Bertz CT molecular complexity index is 3970. The molecule has 2 aliphatic heterocycles. The van der Waals surface area contributed by atoms with E-state index in [1.807, 2.05) is 18.2 Å². The summed E-state index contributed by atoms with van der Waals surface area (Å²) in [5.74, 6) is -7.54. The van der Waals surface area contributed by atoms with Gasteiger partial charge in [0.25, 0.3) is 0 Å². The zero-order valence-electron chi connectivity index (χ0n) is 53.6. The topological polar surface area (TPSA) is 397 Å². The van der Waals surface area contributed by atoms with Gasteiger partial charge in [0.15, 0.2) is 5.78 Å². The van der Waals surface area contributed by atoms with Crippen LogP contribution in [0.15, 0.2) is 110 Å². The third-order valence-corrected chi connectivity index (χ3v) is 19.0. The van der Waals surface area contributed by atoms with Crippen LogP contribution in [0, 0.1) is 11.6 Å². The van der Waals surface area contributed by atoms with Crippen molar-refractivity contribution in [1.82, 2.24) is 67.4 Å². The molecule has 30 heteroatoms. The Balaban J connectivity index is 1.02. The van der Waals surface area contributed by atoms with E-state index in [4.69, 9.17) is 5.73 Å². The van der Waals surface area contributed by atoms with Gasteiger partial charge in [0.05, 0.1) is 37.9 Å². The summed E-state index contributed by atoms with van der Waals surface area (Å²) in [5.41, 5.74) is 10.3. The smallest absolute Gasteiger partial charge is 0.305 e. The molecular formula is C68H80F2N14O12S2. The number of benzene rings is 4. The highest BCUT2D eigenvalue weighted by Gasteiger charge is 2.39. The number of carboxylic acids is 1. The first kappa shape index (κ1) is 72.6. The lowest BCUT2D eigenvalue weighted by atomic mass is 10.0. The number of nitrogens with one attached hydrogen (secondary N) is 11. The van der Waals surface area contributed by atoms with Crippen LogP contribution in [0.1, 0.15) is 78.5 Å². The van der Waals surface area contributed by atoms with E-state index >= 15 is 0 Å². The molecule has 26 nitrogen and oxygen atoms in total. The van der Waals surface area contributed by atoms with Crippen molar-refractivity contribution >= 4 is 104 Å². The molecule has 1 saturated heterocycles. The molecule has 2 aliphatic rings. The number of unbranched alkanes of at least 4 members (excludes halogenated alkanes) is 1. The Morgan fingerprint density at radius 3 is 1.89 bits per heavy atom. The fourth-order valence-corrected chi connectivity index (χ4v) is 13.5. The number of aromatic hydroxyl groups is 1. The van der Waals surface area contributed by atoms with E-state index in [1.165, 1.54) is 90.1 Å². The number of nitrogens with zero attached hydrogens (tertiary/aromatic N) is 2. The molecule has 0 radical (unpaired) electrons. The number of carboxylic acid groups (broad SMARTS) is 1. The van der Waals surface area contributed by atoms with Gasteiger partial charge < -0.3 is 73.0 Å². The molecule has 98 heavy (non-hydrogen) atoms. The van der Waals surface area contributed by atoms with Crippen molar-refractivity contribution in [2.24, 2.45) is 5.73 Å². The average molecular weight is 1390 g/mol. The Labute approximate surface area is 571 Å². The highest BCUT2D eigenvalue weighted by atomic mass is 32.2. The molecule has 3 aromatic heterocycles. The fraction of sp³-hybridized carbons (Fsp3) is 0.397. The maximum absolute atomic E-state index is 15.0. The van der Waals surface area contributed by atoms with Crippen molar-refractivity contribution in [3.63, 3.8) is 0 Å². The molecule has 2 bridgehead atoms. The van der Waals surface area contributed by atoms with Crippen molar-refractivity contribution in [2.75, 3.05) is 44.2 Å². The second-order valence-electron chi connectivity index (χ2n) is 24.1. The lowest BCUT2D eigenvalue weighted by molar-refractivity contribution is -0.141. The van der Waals surface area contributed by atoms with Gasteiger partial charge in [-0.2, -0.15) is 23.5 Å². The molecule has 7 atom stereocenters. The van der Waals surface area contributed by atoms with Crippen LogP contribution in [-0.4, -0.2) is 181 Å². The number of Topliss-reactive ketones (excluding diaryl/α,β-unsaturated/α-hetero) is 1. The maximum Gasteiger partial charge on any atom is 0.305 e. The third-order valence-electron chi connectivity index (χ3n) is 16.9. The monoisotopic (exact) mass is 1390 g/mol. The average Bonchev–Trinajstić information content (AvgIpc) is 1.61. The standard InChI is InChI=1S/C68H80F2N14O12S2/c69-44-11-15-50-48(27-44)42(31-74-50)25-55-65(93)82-56(26-43-32-75-51-16-12-45(70)28-49(43)51)66(94)81-53(30-62(89)90)59(86)34-76-54(29-46-33-72-38-78-46)64(92)83-57(24-39-9-13-47(85)14-10-39)68(96)84-20-4-8-58(84)67(95)73-19-22-98-37-41-6-3-5-40(23-41)36-97-21-17-60(87)79-52(7-1-2-18-71)63(91)77-35-61(88)80-55/h3,5-6,9-16,23,27-28,31-33,38,52-58,74-76,85H,1-2,4,7-8,17-22,24-26,29-30,34-37,71H2,(H,72,78)(H,73,95)(H,77,91)(H,79,87)(H,80,88)(H,81,94)(H,82,93)(H,83,92)(H,89,90)/t52-,53-,54-,55-,56-,57-,58-/m0/s1. The SMILES string of the molecule is NCCCC[C@@H]1NC(=O)CCSCc2cccc(c2)CSCCNC(=O)[C@@H]2CCCN2C(=O)[C@H](Cc2ccc(O)cc2)NC(=O)[C@H](Cc2cnc[nH]2)NCC(=O)[C@H](CC(=O)O)NC(=O)[C@H](Cc2c[nH]c3ccc(F)cc23)NC(=O)[C@H](Cc2c[nH]c3ccc(F)cc23)NC(=O)CNC1=O. The quantitative estimate of drug-likeness (QED) is 0.0696. The number of aromatic amines is 3. The Hall–Kier alpha value is -9.65. The number of aromatic nitrogens is 4. The summed E-state index contributed by atoms with van der Waals surface area (Å²) >= 11 is 3.12. The number of aliphatic carboxylic acids is 1. The zero-order chi connectivity index (χ0) is 69.7. The minimum absolute atomic E-state index is 0.0482. The van der Waals surface area contributed by atoms with Crippen LogP contribution in [0.3, 0.4) is 0 Å². The zero-order valence-corrected chi connectivity index (χ0v) is 55.2. The van der Waals surface area contributed by atoms with Gasteiger partial charge >= 0.3 is 5.97 Å². The molecule has 1 fully saturated rings. The molecule has 4 aromatic carbocycles. The number of H-pyrrole nitrogens is 3. The number of carbonyl (C=O) groups is 10. The number of nitrogens with two attached hydrogens (primary N) is 1. The summed E-state index contributed by atoms with van der Waals surface area (Å²) in [4.78, 5) is 156. The maximum atomic E-state index is 15.0. The first-order chi connectivity index (χ1) is 47.3. The summed E-state index contributed by atoms with van der Waals surface area (Å²) in [5, 5.41) is 42.8. The van der Waals surface area contributed by atoms with Crippen LogP contribution in [0.4, 0.5) is 8.78 Å². The molecular weight excluding hydrogens is 1310 g/mol. The number of hydrogen-bond donors (Lipinski definition) is 14. The number of thioether (sulfide) groups is 2. The highest BCUT2D eigenvalue weighted by molar-refractivity contribution is 7.98. The van der Waals surface area contributed by atoms with Gasteiger partial charge in [-0.3, -0.25) is 53.3 Å². The van der Waals surface area contributed by atoms with E-state index in [0.717, 1.165) is 11.1 Å². The molecule has 9 rings (SSSR count). The molecule has 520 valence electrons. The Kier molecular flexibility index (Phi) is 26.3. The number of amides is 8. The molecule has 0 spiro atoms. The minimum Gasteiger partial charge on any atom is -0.508 e. The molecule has 7 aromatic rings. The van der Waals surface area contributed by atoms with Gasteiger partial charge in [0.2, 0.25) is 47.3 Å². The van der Waals surface area contributed by atoms with E-state index < -0.39 is 133 Å². The number of hydrogen-bond acceptors (Lipinski definition) is 16. The number of ketones is 1. The fourth-order valence-electron chi connectivity index (χ4n) is 11.8. The Morgan fingerprint density at radius 2 is 1.24 bits per heavy atom. The molecule has 8 amide bonds. The van der Waals surface area contributed by atoms with Crippen LogP contribution in [0.25, 0.3) is 21.8 Å². The summed E-state index contributed by atoms with van der Waals surface area (Å²) in [6, 6.07) is 11.9. The highest BCUT2D eigenvalue weighted by Crippen LogP contribution is 2.26. The van der Waals surface area contributed by atoms with Gasteiger partial charge in [-0.1, -0.05) is 36.4 Å². The second-order valence-corrected chi connectivity index (χ2v) is 26.4. The third kappa shape index (κ3) is 20.9. The van der Waals surface area contributed by atoms with Crippen molar-refractivity contribution in [2.45, 2.75) is 124 Å². The summed E-state index contributed by atoms with van der Waals surface area (Å²) in [6.07, 6.45) is 5.75. The van der Waals surface area contributed by atoms with Gasteiger partial charge in [0, 0.05) is 114 Å². The predicted molar refractivity (Wildman–Crippen MR) is 364 cm³/mol. The van der Waals surface area contributed by atoms with Crippen molar-refractivity contribution in [1.29, 1.82) is 0 Å². The molecule has 0 saturated carbocycles. The van der Waals surface area contributed by atoms with Crippen LogP contribution in [0.5, 0.6) is 5.75 Å². The number of imidazole rings is 1. The Morgan fingerprint density at radius 1 is 0.622 bits per heavy atom. The summed E-state index contributed by atoms with van der Waals surface area (Å²) in [7, 11) is 0. The number of rotatable bonds is 14. The first-order valence-corrected chi connectivity index (χ1v) is 34.6. The van der Waals surface area contributed by atoms with Gasteiger partial charge in [-0.05, 0) is 115 Å². The molecule has 0 unspecified atom stereocenters. The largest absolute Gasteiger partial charge is 0.508 e. The van der Waals surface area contributed by atoms with Gasteiger partial charge in [-0.25, -0.2) is 13.8 Å². The first-order valence-electron chi connectivity index (χ1n) is 32.3. The number of halogens is 2. The molecule has 15 N–H and O–H groups in total. The lowest BCUT2D eigenvalue weighted by Gasteiger charge is -2.30. The van der Waals surface area contributed by atoms with E-state index in [9.17, 15) is 66.9 Å². The number of phenolic OH excluding ortho intramolecular Hbond substituents is 1. The normalized spacial score (nSPS) is 21.8. The molecule has 0 aliphatic carbocycles. The van der Waals surface area contributed by atoms with Crippen LogP contribution < -0.4 is 48.3 Å². The predicted octanol–water partition coefficient (Wildman–Crippen LogP) is 2.98. The van der Waals surface area contributed by atoms with Crippen LogP contribution >= 0.6 is 23.5 Å². The minimum atomic E-state index is -1.86. The van der Waals surface area contributed by atoms with E-state index in [2.05, 4.69) is 68.5 Å². The molecule has 5 heterocycles. The lowest BCUT2D eigenvalue weighted by Crippen LogP contribution is -2.59. The summed E-state index contributed by atoms with van der Waals surface area (Å²) < 4.78 is 29.7. The number of phenols is 1. The van der Waals surface area contributed by atoms with Crippen molar-refractivity contribution < 1.29 is 66.9 Å². The number of fused-ring (bicyclic) bond motifs is 5. The van der Waals surface area contributed by atoms with E-state index in [0.29, 0.717) is 93.9 Å². The van der Waals surface area contributed by atoms with Crippen LogP contribution in [-0.2, 0) is 85.1 Å². The summed E-state index contributed by atoms with van der Waals surface area (Å²) in [6.45, 7) is -0.677. The van der Waals surface area contributed by atoms with Crippen molar-refractivity contribution in [3.8, 4) is 5.75 Å². The van der Waals surface area contributed by atoms with E-state index in [1.54, 1.807) is 23.9 Å². The van der Waals surface area contributed by atoms with Gasteiger partial charge in [0.1, 0.15) is 47.6 Å².